The molecule has 0 aromatic heterocycles. The van der Waals surface area contributed by atoms with E-state index in [-0.39, 0.29) is 23.2 Å². The molecule has 2 N–H and O–H groups in total. The van der Waals surface area contributed by atoms with E-state index in [1.165, 1.54) is 19.2 Å². The first-order valence-electron chi connectivity index (χ1n) is 6.17. The predicted octanol–water partition coefficient (Wildman–Crippen LogP) is 1.23. The van der Waals surface area contributed by atoms with Crippen LogP contribution in [0.2, 0.25) is 0 Å². The van der Waals surface area contributed by atoms with E-state index in [0.29, 0.717) is 5.56 Å². The molecule has 0 radical (unpaired) electrons. The molecule has 0 fully saturated rings. The van der Waals surface area contributed by atoms with Crippen LogP contribution in [0.4, 0.5) is 0 Å². The molecule has 7 heteroatoms. The summed E-state index contributed by atoms with van der Waals surface area (Å²) in [5.41, 5.74) is 0.503. The Morgan fingerprint density at radius 1 is 1.40 bits per heavy atom. The second-order valence-electron chi connectivity index (χ2n) is 4.42. The van der Waals surface area contributed by atoms with Crippen LogP contribution in [-0.4, -0.2) is 27.6 Å². The summed E-state index contributed by atoms with van der Waals surface area (Å²) in [6.07, 6.45) is 0.534. The van der Waals surface area contributed by atoms with Gasteiger partial charge >= 0.3 is 5.97 Å². The van der Waals surface area contributed by atoms with Crippen molar-refractivity contribution in [3.8, 4) is 5.75 Å². The van der Waals surface area contributed by atoms with E-state index in [1.807, 2.05) is 6.92 Å². The molecule has 0 heterocycles. The second-order valence-corrected chi connectivity index (χ2v) is 5.95. The van der Waals surface area contributed by atoms with Crippen LogP contribution in [0.5, 0.6) is 5.75 Å². The third kappa shape index (κ3) is 4.50. The van der Waals surface area contributed by atoms with Gasteiger partial charge in [0.1, 0.15) is 10.6 Å². The minimum absolute atomic E-state index is 0.0170. The molecule has 0 spiro atoms. The standard InChI is InChI=1S/C13H19NO5S/c1-4-9(2)19-13(15)8-10-5-6-11(18-3)12(7-10)20(14,16)17/h5-7,9H,4,8H2,1-3H3,(H2,14,16,17). The van der Waals surface area contributed by atoms with Crippen molar-refractivity contribution in [1.82, 2.24) is 0 Å². The molecular weight excluding hydrogens is 282 g/mol. The maximum absolute atomic E-state index is 11.7. The number of primary sulfonamides is 1. The summed E-state index contributed by atoms with van der Waals surface area (Å²) in [5, 5.41) is 5.11. The Morgan fingerprint density at radius 2 is 2.05 bits per heavy atom. The Labute approximate surface area is 118 Å². The number of esters is 1. The van der Waals surface area contributed by atoms with Crippen molar-refractivity contribution in [1.29, 1.82) is 0 Å². The molecule has 20 heavy (non-hydrogen) atoms. The average molecular weight is 301 g/mol. The number of carbonyl (C=O) groups is 1. The van der Waals surface area contributed by atoms with Crippen LogP contribution in [0.15, 0.2) is 23.1 Å². The van der Waals surface area contributed by atoms with E-state index in [1.54, 1.807) is 13.0 Å². The lowest BCUT2D eigenvalue weighted by molar-refractivity contribution is -0.147. The predicted molar refractivity (Wildman–Crippen MR) is 73.9 cm³/mol. The van der Waals surface area contributed by atoms with E-state index in [0.717, 1.165) is 6.42 Å². The average Bonchev–Trinajstić information content (AvgIpc) is 2.37. The number of methoxy groups -OCH3 is 1. The van der Waals surface area contributed by atoms with Gasteiger partial charge in [0, 0.05) is 0 Å². The van der Waals surface area contributed by atoms with E-state index in [4.69, 9.17) is 14.6 Å². The van der Waals surface area contributed by atoms with Gasteiger partial charge in [-0.05, 0) is 31.0 Å². The minimum atomic E-state index is -3.91. The van der Waals surface area contributed by atoms with Gasteiger partial charge in [0.05, 0.1) is 19.6 Å². The molecule has 1 unspecified atom stereocenters. The smallest absolute Gasteiger partial charge is 0.310 e. The van der Waals surface area contributed by atoms with Crippen molar-refractivity contribution in [3.63, 3.8) is 0 Å². The lowest BCUT2D eigenvalue weighted by Gasteiger charge is -2.12. The van der Waals surface area contributed by atoms with Gasteiger partial charge in [0.2, 0.25) is 10.0 Å². The Balaban J connectivity index is 2.96. The maximum atomic E-state index is 11.7. The Hall–Kier alpha value is -1.60. The quantitative estimate of drug-likeness (QED) is 0.797. The summed E-state index contributed by atoms with van der Waals surface area (Å²) in [6.45, 7) is 3.70. The van der Waals surface area contributed by atoms with Gasteiger partial charge in [-0.1, -0.05) is 13.0 Å². The third-order valence-electron chi connectivity index (χ3n) is 2.79. The highest BCUT2D eigenvalue weighted by molar-refractivity contribution is 7.89. The molecule has 0 saturated heterocycles. The second kappa shape index (κ2) is 6.71. The Bertz CT molecular complexity index is 582. The Morgan fingerprint density at radius 3 is 2.55 bits per heavy atom. The van der Waals surface area contributed by atoms with Crippen molar-refractivity contribution in [2.75, 3.05) is 7.11 Å². The molecule has 0 saturated carbocycles. The molecule has 0 aliphatic heterocycles. The van der Waals surface area contributed by atoms with Crippen LogP contribution in [0.3, 0.4) is 0 Å². The van der Waals surface area contributed by atoms with Crippen LogP contribution in [0.25, 0.3) is 0 Å². The summed E-state index contributed by atoms with van der Waals surface area (Å²) >= 11 is 0. The molecular formula is C13H19NO5S. The number of rotatable bonds is 6. The number of carbonyl (C=O) groups excluding carboxylic acids is 1. The summed E-state index contributed by atoms with van der Waals surface area (Å²) < 4.78 is 33.0. The molecule has 0 aliphatic carbocycles. The maximum Gasteiger partial charge on any atom is 0.310 e. The zero-order valence-corrected chi connectivity index (χ0v) is 12.6. The molecule has 0 amide bonds. The molecule has 1 aromatic rings. The van der Waals surface area contributed by atoms with Crippen molar-refractivity contribution in [3.05, 3.63) is 23.8 Å². The fraction of sp³-hybridized carbons (Fsp3) is 0.462. The van der Waals surface area contributed by atoms with Gasteiger partial charge in [0.15, 0.2) is 0 Å². The number of ether oxygens (including phenoxy) is 2. The van der Waals surface area contributed by atoms with Gasteiger partial charge in [-0.2, -0.15) is 0 Å². The van der Waals surface area contributed by atoms with Gasteiger partial charge in [-0.3, -0.25) is 4.79 Å². The van der Waals surface area contributed by atoms with Crippen molar-refractivity contribution < 1.29 is 22.7 Å². The first-order valence-corrected chi connectivity index (χ1v) is 7.71. The Kier molecular flexibility index (Phi) is 5.52. The fourth-order valence-corrected chi connectivity index (χ4v) is 2.32. The highest BCUT2D eigenvalue weighted by atomic mass is 32.2. The van der Waals surface area contributed by atoms with Crippen LogP contribution >= 0.6 is 0 Å². The van der Waals surface area contributed by atoms with Crippen LogP contribution in [-0.2, 0) is 26.0 Å². The molecule has 112 valence electrons. The van der Waals surface area contributed by atoms with Gasteiger partial charge < -0.3 is 9.47 Å². The zero-order chi connectivity index (χ0) is 15.3. The van der Waals surface area contributed by atoms with E-state index >= 15 is 0 Å². The molecule has 1 aromatic carbocycles. The van der Waals surface area contributed by atoms with Gasteiger partial charge in [-0.15, -0.1) is 0 Å². The minimum Gasteiger partial charge on any atom is -0.495 e. The van der Waals surface area contributed by atoms with Crippen LogP contribution in [0.1, 0.15) is 25.8 Å². The first-order chi connectivity index (χ1) is 9.27. The van der Waals surface area contributed by atoms with Crippen LogP contribution < -0.4 is 9.88 Å². The molecule has 0 bridgehead atoms. The topological polar surface area (TPSA) is 95.7 Å². The van der Waals surface area contributed by atoms with E-state index < -0.39 is 16.0 Å². The van der Waals surface area contributed by atoms with Gasteiger partial charge in [-0.25, -0.2) is 13.6 Å². The number of nitrogens with two attached hydrogens (primary N) is 1. The van der Waals surface area contributed by atoms with Crippen molar-refractivity contribution in [2.24, 2.45) is 5.14 Å². The number of sulfonamides is 1. The highest BCUT2D eigenvalue weighted by Gasteiger charge is 2.17. The van der Waals surface area contributed by atoms with Crippen molar-refractivity contribution in [2.45, 2.75) is 37.7 Å². The van der Waals surface area contributed by atoms with Gasteiger partial charge in [0.25, 0.3) is 0 Å². The van der Waals surface area contributed by atoms with E-state index in [9.17, 15) is 13.2 Å². The lowest BCUT2D eigenvalue weighted by Crippen LogP contribution is -2.17. The summed E-state index contributed by atoms with van der Waals surface area (Å²) in [6, 6.07) is 4.39. The zero-order valence-electron chi connectivity index (χ0n) is 11.8. The van der Waals surface area contributed by atoms with E-state index in [2.05, 4.69) is 0 Å². The molecule has 1 atom stereocenters. The number of benzene rings is 1. The van der Waals surface area contributed by atoms with Crippen molar-refractivity contribution >= 4 is 16.0 Å². The summed E-state index contributed by atoms with van der Waals surface area (Å²) in [5.74, 6) is -0.267. The first kappa shape index (κ1) is 16.5. The molecule has 1 rings (SSSR count). The molecule has 6 nitrogen and oxygen atoms in total. The third-order valence-corrected chi connectivity index (χ3v) is 3.72. The largest absolute Gasteiger partial charge is 0.495 e. The monoisotopic (exact) mass is 301 g/mol. The highest BCUT2D eigenvalue weighted by Crippen LogP contribution is 2.24. The SMILES string of the molecule is CCC(C)OC(=O)Cc1ccc(OC)c(S(N)(=O)=O)c1. The lowest BCUT2D eigenvalue weighted by atomic mass is 10.1. The molecule has 0 aliphatic rings. The number of hydrogen-bond donors (Lipinski definition) is 1. The fourth-order valence-electron chi connectivity index (χ4n) is 1.57. The van der Waals surface area contributed by atoms with Crippen LogP contribution in [0, 0.1) is 0 Å². The normalized spacial score (nSPS) is 12.8. The summed E-state index contributed by atoms with van der Waals surface area (Å²) in [7, 11) is -2.56. The number of hydrogen-bond acceptors (Lipinski definition) is 5. The summed E-state index contributed by atoms with van der Waals surface area (Å²) in [4.78, 5) is 11.5.